The molecule has 3 aromatic rings. The van der Waals surface area contributed by atoms with Gasteiger partial charge in [-0.2, -0.15) is 4.31 Å². The number of hydrogen-bond acceptors (Lipinski definition) is 7. The molecule has 7 nitrogen and oxygen atoms in total. The van der Waals surface area contributed by atoms with Gasteiger partial charge in [0.25, 0.3) is 10.0 Å². The molecule has 0 saturated carbocycles. The maximum atomic E-state index is 14.3. The molecule has 1 atom stereocenters. The van der Waals surface area contributed by atoms with Crippen LogP contribution in [0.5, 0.6) is 0 Å². The summed E-state index contributed by atoms with van der Waals surface area (Å²) in [6.45, 7) is 6.99. The SMILES string of the molecule is CCN(CC)CCN(C(=O)C1CCCN(S(=O)(=O)c2cccs2)C1)c1nc2c(F)cc(F)cc2s1. The smallest absolute Gasteiger partial charge is 0.252 e. The molecule has 0 spiro atoms. The van der Waals surface area contributed by atoms with Crippen molar-refractivity contribution < 1.29 is 22.0 Å². The van der Waals surface area contributed by atoms with Crippen LogP contribution in [0.2, 0.25) is 0 Å². The molecule has 1 aliphatic rings. The zero-order valence-corrected chi connectivity index (χ0v) is 22.1. The number of carbonyl (C=O) groups is 1. The molecule has 35 heavy (non-hydrogen) atoms. The number of aromatic nitrogens is 1. The number of rotatable bonds is 9. The summed E-state index contributed by atoms with van der Waals surface area (Å²) in [6.07, 6.45) is 1.11. The van der Waals surface area contributed by atoms with Crippen molar-refractivity contribution in [3.05, 3.63) is 41.3 Å². The molecule has 1 aromatic carbocycles. The number of halogens is 2. The first kappa shape index (κ1) is 26.1. The van der Waals surface area contributed by atoms with Crippen LogP contribution in [0.25, 0.3) is 10.2 Å². The second kappa shape index (κ2) is 11.0. The summed E-state index contributed by atoms with van der Waals surface area (Å²) in [7, 11) is -3.67. The normalized spacial score (nSPS) is 17.3. The number of sulfonamides is 1. The minimum absolute atomic E-state index is 0.0255. The number of nitrogens with zero attached hydrogens (tertiary/aromatic N) is 4. The number of fused-ring (bicyclic) bond motifs is 1. The molecule has 4 rings (SSSR count). The van der Waals surface area contributed by atoms with Crippen molar-refractivity contribution in [2.75, 3.05) is 44.2 Å². The summed E-state index contributed by atoms with van der Waals surface area (Å²) >= 11 is 2.22. The number of likely N-dealkylation sites (N-methyl/N-ethyl adjacent to an activating group) is 1. The molecular weight excluding hydrogens is 514 g/mol. The lowest BCUT2D eigenvalue weighted by molar-refractivity contribution is -0.123. The van der Waals surface area contributed by atoms with Gasteiger partial charge in [-0.05, 0) is 43.4 Å². The fourth-order valence-electron chi connectivity index (χ4n) is 4.26. The summed E-state index contributed by atoms with van der Waals surface area (Å²) in [5.41, 5.74) is 0.0255. The van der Waals surface area contributed by atoms with Gasteiger partial charge in [0.2, 0.25) is 5.91 Å². The number of thiazole rings is 1. The molecule has 1 saturated heterocycles. The molecule has 1 unspecified atom stereocenters. The van der Waals surface area contributed by atoms with Crippen LogP contribution in [0.4, 0.5) is 13.9 Å². The van der Waals surface area contributed by atoms with Crippen molar-refractivity contribution in [2.45, 2.75) is 30.9 Å². The molecule has 0 N–H and O–H groups in total. The minimum atomic E-state index is -3.67. The number of thiophene rings is 1. The topological polar surface area (TPSA) is 73.8 Å². The van der Waals surface area contributed by atoms with Gasteiger partial charge in [-0.15, -0.1) is 11.3 Å². The second-order valence-corrected chi connectivity index (χ2v) is 12.5. The van der Waals surface area contributed by atoms with Crippen molar-refractivity contribution in [3.63, 3.8) is 0 Å². The molecule has 1 aliphatic heterocycles. The van der Waals surface area contributed by atoms with Crippen molar-refractivity contribution in [1.82, 2.24) is 14.2 Å². The predicted molar refractivity (Wildman–Crippen MR) is 135 cm³/mol. The molecule has 3 heterocycles. The molecule has 12 heteroatoms. The molecular formula is C23H28F2N4O3S3. The number of benzene rings is 1. The molecule has 2 aromatic heterocycles. The Kier molecular flexibility index (Phi) is 8.16. The van der Waals surface area contributed by atoms with E-state index in [9.17, 15) is 22.0 Å². The first-order chi connectivity index (χ1) is 16.7. The Bertz CT molecular complexity index is 1280. The summed E-state index contributed by atoms with van der Waals surface area (Å²) < 4.78 is 56.2. The fraction of sp³-hybridized carbons (Fsp3) is 0.478. The maximum absolute atomic E-state index is 14.3. The summed E-state index contributed by atoms with van der Waals surface area (Å²) in [5.74, 6) is -2.27. The van der Waals surface area contributed by atoms with Crippen LogP contribution >= 0.6 is 22.7 Å². The average molecular weight is 543 g/mol. The highest BCUT2D eigenvalue weighted by atomic mass is 32.2. The van der Waals surface area contributed by atoms with Crippen LogP contribution in [0.1, 0.15) is 26.7 Å². The standard InChI is InChI=1S/C23H28F2N4O3S3/c1-3-27(4-2)10-11-29(23-26-21-18(25)13-17(24)14-19(21)34-23)22(30)16-7-5-9-28(15-16)35(31,32)20-8-6-12-33-20/h6,8,12-14,16H,3-5,7,9-11,15H2,1-2H3. The zero-order valence-electron chi connectivity index (χ0n) is 19.6. The molecule has 1 fully saturated rings. The van der Waals surface area contributed by atoms with E-state index in [0.29, 0.717) is 42.3 Å². The van der Waals surface area contributed by atoms with Gasteiger partial charge in [-0.25, -0.2) is 22.2 Å². The van der Waals surface area contributed by atoms with Gasteiger partial charge in [0.15, 0.2) is 10.9 Å². The molecule has 0 aliphatic carbocycles. The number of anilines is 1. The summed E-state index contributed by atoms with van der Waals surface area (Å²) in [6, 6.07) is 5.25. The number of hydrogen-bond donors (Lipinski definition) is 0. The fourth-order valence-corrected chi connectivity index (χ4v) is 7.97. The quantitative estimate of drug-likeness (QED) is 0.401. The average Bonchev–Trinajstić information content (AvgIpc) is 3.53. The Balaban J connectivity index is 1.62. The minimum Gasteiger partial charge on any atom is -0.302 e. The Labute approximate surface area is 212 Å². The van der Waals surface area contributed by atoms with Crippen LogP contribution < -0.4 is 4.90 Å². The highest BCUT2D eigenvalue weighted by Gasteiger charge is 2.36. The molecule has 190 valence electrons. The van der Waals surface area contributed by atoms with Gasteiger partial charge in [0.05, 0.1) is 10.6 Å². The monoisotopic (exact) mass is 542 g/mol. The molecule has 0 bridgehead atoms. The second-order valence-electron chi connectivity index (χ2n) is 8.38. The summed E-state index contributed by atoms with van der Waals surface area (Å²) in [5, 5.41) is 2.00. The third-order valence-corrected chi connectivity index (χ3v) is 10.5. The van der Waals surface area contributed by atoms with Crippen LogP contribution in [-0.4, -0.2) is 67.8 Å². The van der Waals surface area contributed by atoms with Crippen LogP contribution in [-0.2, 0) is 14.8 Å². The van der Waals surface area contributed by atoms with Crippen molar-refractivity contribution in [1.29, 1.82) is 0 Å². The van der Waals surface area contributed by atoms with E-state index in [2.05, 4.69) is 9.88 Å². The number of carbonyl (C=O) groups excluding carboxylic acids is 1. The first-order valence-corrected chi connectivity index (χ1v) is 14.7. The highest BCUT2D eigenvalue weighted by Crippen LogP contribution is 2.33. The third kappa shape index (κ3) is 5.56. The van der Waals surface area contributed by atoms with Gasteiger partial charge in [-0.1, -0.05) is 31.3 Å². The van der Waals surface area contributed by atoms with E-state index in [-0.39, 0.29) is 22.2 Å². The van der Waals surface area contributed by atoms with E-state index in [0.717, 1.165) is 41.8 Å². The van der Waals surface area contributed by atoms with Crippen LogP contribution in [0.15, 0.2) is 33.9 Å². The molecule has 0 radical (unpaired) electrons. The van der Waals surface area contributed by atoms with Gasteiger partial charge < -0.3 is 4.90 Å². The first-order valence-electron chi connectivity index (χ1n) is 11.6. The lowest BCUT2D eigenvalue weighted by atomic mass is 9.98. The lowest BCUT2D eigenvalue weighted by Crippen LogP contribution is -2.48. The zero-order chi connectivity index (χ0) is 25.2. The van der Waals surface area contributed by atoms with Crippen molar-refractivity contribution >= 4 is 54.0 Å². The van der Waals surface area contributed by atoms with E-state index in [1.807, 2.05) is 13.8 Å². The Morgan fingerprint density at radius 2 is 2.00 bits per heavy atom. The van der Waals surface area contributed by atoms with Crippen molar-refractivity contribution in [3.8, 4) is 0 Å². The van der Waals surface area contributed by atoms with E-state index < -0.39 is 27.6 Å². The third-order valence-electron chi connectivity index (χ3n) is 6.26. The Morgan fingerprint density at radius 1 is 1.23 bits per heavy atom. The Morgan fingerprint density at radius 3 is 2.69 bits per heavy atom. The molecule has 1 amide bonds. The van der Waals surface area contributed by atoms with E-state index >= 15 is 0 Å². The largest absolute Gasteiger partial charge is 0.302 e. The van der Waals surface area contributed by atoms with Gasteiger partial charge in [-0.3, -0.25) is 9.69 Å². The predicted octanol–water partition coefficient (Wildman–Crippen LogP) is 4.41. The van der Waals surface area contributed by atoms with E-state index in [4.69, 9.17) is 0 Å². The van der Waals surface area contributed by atoms with Gasteiger partial charge >= 0.3 is 0 Å². The van der Waals surface area contributed by atoms with Gasteiger partial charge in [0.1, 0.15) is 15.5 Å². The lowest BCUT2D eigenvalue weighted by Gasteiger charge is -2.34. The number of piperidine rings is 1. The summed E-state index contributed by atoms with van der Waals surface area (Å²) in [4.78, 5) is 21.8. The van der Waals surface area contributed by atoms with E-state index in [1.54, 1.807) is 17.5 Å². The van der Waals surface area contributed by atoms with Crippen LogP contribution in [0.3, 0.4) is 0 Å². The maximum Gasteiger partial charge on any atom is 0.252 e. The Hall–Kier alpha value is -1.99. The van der Waals surface area contributed by atoms with Crippen LogP contribution in [0, 0.1) is 17.6 Å². The van der Waals surface area contributed by atoms with Gasteiger partial charge in [0, 0.05) is 32.2 Å². The number of amides is 1. The van der Waals surface area contributed by atoms with Crippen molar-refractivity contribution in [2.24, 2.45) is 5.92 Å². The van der Waals surface area contributed by atoms with E-state index in [1.165, 1.54) is 15.3 Å². The highest BCUT2D eigenvalue weighted by molar-refractivity contribution is 7.91.